The van der Waals surface area contributed by atoms with Gasteiger partial charge in [0, 0.05) is 37.5 Å². The Kier molecular flexibility index (Phi) is 5.43. The first-order chi connectivity index (χ1) is 14.5. The lowest BCUT2D eigenvalue weighted by Crippen LogP contribution is -2.23. The molecule has 0 bridgehead atoms. The maximum atomic E-state index is 12.9. The molecule has 30 heavy (non-hydrogen) atoms. The molecular weight excluding hydrogens is 378 g/mol. The Balaban J connectivity index is 1.49. The fourth-order valence-corrected chi connectivity index (χ4v) is 3.51. The van der Waals surface area contributed by atoms with E-state index in [9.17, 15) is 9.59 Å². The summed E-state index contributed by atoms with van der Waals surface area (Å²) in [6.07, 6.45) is 4.15. The van der Waals surface area contributed by atoms with Gasteiger partial charge in [-0.3, -0.25) is 18.6 Å². The van der Waals surface area contributed by atoms with Gasteiger partial charge in [0.1, 0.15) is 5.82 Å². The average Bonchev–Trinajstić information content (AvgIpc) is 3.15. The summed E-state index contributed by atoms with van der Waals surface area (Å²) in [7, 11) is 0. The van der Waals surface area contributed by atoms with Crippen molar-refractivity contribution in [2.45, 2.75) is 33.2 Å². The van der Waals surface area contributed by atoms with E-state index in [1.807, 2.05) is 56.3 Å². The zero-order valence-corrected chi connectivity index (χ0v) is 17.0. The van der Waals surface area contributed by atoms with Gasteiger partial charge in [0.25, 0.3) is 0 Å². The Labute approximate surface area is 174 Å². The lowest BCUT2D eigenvalue weighted by atomic mass is 10.1. The quantitative estimate of drug-likeness (QED) is 0.539. The standard InChI is InChI=1S/C23H23N5O2/c1-16-12-17(2)14-19(13-16)27-10-11-28-20(25-26-22(28)23(27)30)8-9-21(29)24-15-18-6-4-3-5-7-18/h3-7,10-14H,8-9,15H2,1-2H3,(H,24,29). The summed E-state index contributed by atoms with van der Waals surface area (Å²) in [5.41, 5.74) is 4.02. The van der Waals surface area contributed by atoms with Crippen molar-refractivity contribution < 1.29 is 4.79 Å². The topological polar surface area (TPSA) is 81.3 Å². The molecule has 2 aromatic heterocycles. The third kappa shape index (κ3) is 4.15. The summed E-state index contributed by atoms with van der Waals surface area (Å²) in [6.45, 7) is 4.48. The van der Waals surface area contributed by atoms with Gasteiger partial charge in [-0.15, -0.1) is 10.2 Å². The van der Waals surface area contributed by atoms with E-state index < -0.39 is 0 Å². The molecule has 2 heterocycles. The molecule has 7 heteroatoms. The van der Waals surface area contributed by atoms with Crippen LogP contribution in [0.5, 0.6) is 0 Å². The van der Waals surface area contributed by atoms with Crippen LogP contribution >= 0.6 is 0 Å². The smallest absolute Gasteiger partial charge is 0.300 e. The number of amides is 1. The van der Waals surface area contributed by atoms with E-state index in [2.05, 4.69) is 21.6 Å². The van der Waals surface area contributed by atoms with Crippen LogP contribution in [-0.2, 0) is 17.8 Å². The highest BCUT2D eigenvalue weighted by atomic mass is 16.1. The highest BCUT2D eigenvalue weighted by molar-refractivity contribution is 5.76. The van der Waals surface area contributed by atoms with Gasteiger partial charge in [-0.05, 0) is 42.7 Å². The number of fused-ring (bicyclic) bond motifs is 1. The normalized spacial score (nSPS) is 11.0. The minimum absolute atomic E-state index is 0.0702. The molecule has 0 aliphatic heterocycles. The summed E-state index contributed by atoms with van der Waals surface area (Å²) in [5.74, 6) is 0.517. The molecule has 0 saturated carbocycles. The van der Waals surface area contributed by atoms with Crippen molar-refractivity contribution in [3.05, 3.63) is 93.8 Å². The fourth-order valence-electron chi connectivity index (χ4n) is 3.51. The highest BCUT2D eigenvalue weighted by Gasteiger charge is 2.13. The number of benzene rings is 2. The van der Waals surface area contributed by atoms with Crippen LogP contribution in [0.1, 0.15) is 28.9 Å². The molecule has 1 N–H and O–H groups in total. The van der Waals surface area contributed by atoms with Crippen molar-refractivity contribution in [1.29, 1.82) is 0 Å². The van der Waals surface area contributed by atoms with Crippen molar-refractivity contribution in [3.63, 3.8) is 0 Å². The van der Waals surface area contributed by atoms with Gasteiger partial charge in [0.15, 0.2) is 0 Å². The van der Waals surface area contributed by atoms with E-state index in [-0.39, 0.29) is 23.5 Å². The van der Waals surface area contributed by atoms with Crippen LogP contribution in [0.3, 0.4) is 0 Å². The summed E-state index contributed by atoms with van der Waals surface area (Å²) in [6, 6.07) is 15.7. The van der Waals surface area contributed by atoms with Crippen molar-refractivity contribution >= 4 is 11.6 Å². The molecule has 0 aliphatic rings. The monoisotopic (exact) mass is 401 g/mol. The number of carbonyl (C=O) groups excluding carboxylic acids is 1. The molecule has 7 nitrogen and oxygen atoms in total. The first-order valence-corrected chi connectivity index (χ1v) is 9.86. The molecular formula is C23H23N5O2. The number of aryl methyl sites for hydroxylation is 3. The van der Waals surface area contributed by atoms with Crippen LogP contribution in [0.15, 0.2) is 65.7 Å². The molecule has 0 atom stereocenters. The van der Waals surface area contributed by atoms with Crippen molar-refractivity contribution in [3.8, 4) is 5.69 Å². The van der Waals surface area contributed by atoms with E-state index in [0.29, 0.717) is 18.8 Å². The zero-order valence-electron chi connectivity index (χ0n) is 17.0. The Bertz CT molecular complexity index is 1240. The van der Waals surface area contributed by atoms with Gasteiger partial charge in [0.2, 0.25) is 11.6 Å². The van der Waals surface area contributed by atoms with Crippen molar-refractivity contribution in [2.24, 2.45) is 0 Å². The minimum Gasteiger partial charge on any atom is -0.352 e. The number of hydrogen-bond donors (Lipinski definition) is 1. The summed E-state index contributed by atoms with van der Waals surface area (Å²) >= 11 is 0. The minimum atomic E-state index is -0.241. The molecule has 0 saturated heterocycles. The first kappa shape index (κ1) is 19.6. The number of carbonyl (C=O) groups is 1. The van der Waals surface area contributed by atoms with E-state index in [1.54, 1.807) is 21.4 Å². The van der Waals surface area contributed by atoms with Crippen LogP contribution in [0.4, 0.5) is 0 Å². The Morgan fingerprint density at radius 3 is 2.47 bits per heavy atom. The van der Waals surface area contributed by atoms with Crippen LogP contribution in [-0.4, -0.2) is 25.1 Å². The second-order valence-corrected chi connectivity index (χ2v) is 7.39. The second-order valence-electron chi connectivity index (χ2n) is 7.39. The predicted molar refractivity (Wildman–Crippen MR) is 115 cm³/mol. The van der Waals surface area contributed by atoms with Crippen LogP contribution in [0, 0.1) is 13.8 Å². The van der Waals surface area contributed by atoms with Gasteiger partial charge in [-0.2, -0.15) is 0 Å². The second kappa shape index (κ2) is 8.32. The van der Waals surface area contributed by atoms with E-state index in [0.717, 1.165) is 22.4 Å². The number of rotatable bonds is 6. The Morgan fingerprint density at radius 2 is 1.73 bits per heavy atom. The fraction of sp³-hybridized carbons (Fsp3) is 0.217. The molecule has 0 spiro atoms. The molecule has 4 rings (SSSR count). The van der Waals surface area contributed by atoms with E-state index in [4.69, 9.17) is 0 Å². The van der Waals surface area contributed by atoms with Crippen LogP contribution in [0.2, 0.25) is 0 Å². The number of aromatic nitrogens is 4. The van der Waals surface area contributed by atoms with Crippen molar-refractivity contribution in [2.75, 3.05) is 0 Å². The van der Waals surface area contributed by atoms with Gasteiger partial charge in [-0.25, -0.2) is 0 Å². The third-order valence-electron chi connectivity index (χ3n) is 4.93. The Hall–Kier alpha value is -3.74. The van der Waals surface area contributed by atoms with Crippen LogP contribution in [0.25, 0.3) is 11.3 Å². The van der Waals surface area contributed by atoms with E-state index in [1.165, 1.54) is 0 Å². The first-order valence-electron chi connectivity index (χ1n) is 9.86. The number of nitrogens with one attached hydrogen (secondary N) is 1. The SMILES string of the molecule is Cc1cc(C)cc(-n2ccn3c(CCC(=O)NCc4ccccc4)nnc3c2=O)c1. The number of hydrogen-bond acceptors (Lipinski definition) is 4. The molecule has 4 aromatic rings. The zero-order chi connectivity index (χ0) is 21.1. The van der Waals surface area contributed by atoms with Gasteiger partial charge in [-0.1, -0.05) is 36.4 Å². The average molecular weight is 401 g/mol. The Morgan fingerprint density at radius 1 is 1.00 bits per heavy atom. The molecule has 0 fully saturated rings. The van der Waals surface area contributed by atoms with E-state index >= 15 is 0 Å². The predicted octanol–water partition coefficient (Wildman–Crippen LogP) is 2.75. The van der Waals surface area contributed by atoms with Gasteiger partial charge < -0.3 is 5.32 Å². The maximum absolute atomic E-state index is 12.9. The third-order valence-corrected chi connectivity index (χ3v) is 4.93. The highest BCUT2D eigenvalue weighted by Crippen LogP contribution is 2.13. The van der Waals surface area contributed by atoms with Crippen molar-refractivity contribution in [1.82, 2.24) is 24.5 Å². The van der Waals surface area contributed by atoms with Crippen LogP contribution < -0.4 is 10.9 Å². The maximum Gasteiger partial charge on any atom is 0.300 e. The summed E-state index contributed by atoms with van der Waals surface area (Å²) in [4.78, 5) is 25.1. The molecule has 0 aliphatic carbocycles. The van der Waals surface area contributed by atoms with Gasteiger partial charge in [0.05, 0.1) is 0 Å². The summed E-state index contributed by atoms with van der Waals surface area (Å²) < 4.78 is 3.23. The largest absolute Gasteiger partial charge is 0.352 e. The lowest BCUT2D eigenvalue weighted by molar-refractivity contribution is -0.121. The molecule has 0 radical (unpaired) electrons. The molecule has 152 valence electrons. The molecule has 1 amide bonds. The lowest BCUT2D eigenvalue weighted by Gasteiger charge is -2.09. The van der Waals surface area contributed by atoms with Gasteiger partial charge >= 0.3 is 5.56 Å². The summed E-state index contributed by atoms with van der Waals surface area (Å²) in [5, 5.41) is 11.1. The molecule has 2 aromatic carbocycles. The molecule has 0 unspecified atom stereocenters. The number of nitrogens with zero attached hydrogens (tertiary/aromatic N) is 4.